The lowest BCUT2D eigenvalue weighted by atomic mass is 10.0. The smallest absolute Gasteiger partial charge is 0.249 e. The van der Waals surface area contributed by atoms with Gasteiger partial charge in [-0.15, -0.1) is 0 Å². The fourth-order valence-corrected chi connectivity index (χ4v) is 3.70. The molecule has 1 saturated heterocycles. The minimum atomic E-state index is -0.291. The van der Waals surface area contributed by atoms with E-state index in [2.05, 4.69) is 21.6 Å². The lowest BCUT2D eigenvalue weighted by Crippen LogP contribution is -2.33. The van der Waals surface area contributed by atoms with Crippen LogP contribution in [-0.2, 0) is 4.79 Å². The maximum atomic E-state index is 13.0. The first kappa shape index (κ1) is 18.9. The van der Waals surface area contributed by atoms with Crippen LogP contribution in [-0.4, -0.2) is 42.9 Å². The number of ether oxygens (including phenoxy) is 2. The number of H-pyrrole nitrogens is 1. The van der Waals surface area contributed by atoms with Crippen molar-refractivity contribution in [3.05, 3.63) is 54.4 Å². The molecule has 0 saturated carbocycles. The molecule has 1 amide bonds. The number of benzene rings is 2. The predicted molar refractivity (Wildman–Crippen MR) is 113 cm³/mol. The molecular formula is C22H24N4O3. The van der Waals surface area contributed by atoms with Gasteiger partial charge in [0.1, 0.15) is 17.5 Å². The molecule has 1 aliphatic heterocycles. The van der Waals surface area contributed by atoms with E-state index in [1.54, 1.807) is 26.5 Å². The number of aryl methyl sites for hydroxylation is 1. The van der Waals surface area contributed by atoms with Crippen molar-refractivity contribution < 1.29 is 14.3 Å². The van der Waals surface area contributed by atoms with E-state index in [4.69, 9.17) is 9.47 Å². The zero-order chi connectivity index (χ0) is 20.4. The van der Waals surface area contributed by atoms with Gasteiger partial charge in [0.15, 0.2) is 0 Å². The molecule has 0 radical (unpaired) electrons. The molecule has 2 N–H and O–H groups in total. The summed E-state index contributed by atoms with van der Waals surface area (Å²) in [5.74, 6) is 1.42. The number of nitrogens with zero attached hydrogens (tertiary/aromatic N) is 2. The first-order chi connectivity index (χ1) is 14.1. The molecule has 0 spiro atoms. The summed E-state index contributed by atoms with van der Waals surface area (Å²) in [4.78, 5) is 14.9. The summed E-state index contributed by atoms with van der Waals surface area (Å²) in [5.41, 5.74) is 4.95. The SMILES string of the molecule is COc1cc(NC2CCN(c3ccc(-c4cn[nH]c4)c(C)c3)C2=O)cc(OC)c1. The normalized spacial score (nSPS) is 16.2. The van der Waals surface area contributed by atoms with E-state index in [1.165, 1.54) is 0 Å². The van der Waals surface area contributed by atoms with Crippen molar-refractivity contribution in [2.24, 2.45) is 0 Å². The maximum absolute atomic E-state index is 13.0. The topological polar surface area (TPSA) is 79.5 Å². The Bertz CT molecular complexity index is 995. The van der Waals surface area contributed by atoms with Gasteiger partial charge >= 0.3 is 0 Å². The number of hydrogen-bond donors (Lipinski definition) is 2. The Hall–Kier alpha value is -3.48. The van der Waals surface area contributed by atoms with Crippen LogP contribution in [0, 0.1) is 6.92 Å². The molecule has 1 aromatic heterocycles. The van der Waals surface area contributed by atoms with Gasteiger partial charge in [-0.3, -0.25) is 9.89 Å². The van der Waals surface area contributed by atoms with Gasteiger partial charge in [0.25, 0.3) is 0 Å². The predicted octanol–water partition coefficient (Wildman–Crippen LogP) is 3.62. The van der Waals surface area contributed by atoms with Gasteiger partial charge in [-0.05, 0) is 36.6 Å². The molecule has 0 aliphatic carbocycles. The lowest BCUT2D eigenvalue weighted by Gasteiger charge is -2.19. The number of anilines is 2. The molecule has 7 nitrogen and oxygen atoms in total. The van der Waals surface area contributed by atoms with Gasteiger partial charge in [-0.2, -0.15) is 5.10 Å². The number of carbonyl (C=O) groups excluding carboxylic acids is 1. The molecule has 0 bridgehead atoms. The number of rotatable bonds is 6. The van der Waals surface area contributed by atoms with Gasteiger partial charge in [0.2, 0.25) is 5.91 Å². The van der Waals surface area contributed by atoms with Crippen LogP contribution in [0.4, 0.5) is 11.4 Å². The molecule has 150 valence electrons. The minimum Gasteiger partial charge on any atom is -0.497 e. The van der Waals surface area contributed by atoms with Crippen molar-refractivity contribution in [3.8, 4) is 22.6 Å². The first-order valence-electron chi connectivity index (χ1n) is 9.50. The average molecular weight is 392 g/mol. The van der Waals surface area contributed by atoms with Crippen LogP contribution in [0.3, 0.4) is 0 Å². The molecule has 1 fully saturated rings. The van der Waals surface area contributed by atoms with Gasteiger partial charge in [0, 0.05) is 47.9 Å². The van der Waals surface area contributed by atoms with Gasteiger partial charge in [-0.25, -0.2) is 0 Å². The Kier molecular flexibility index (Phi) is 5.12. The van der Waals surface area contributed by atoms with Crippen LogP contribution in [0.5, 0.6) is 11.5 Å². The number of nitrogens with one attached hydrogen (secondary N) is 2. The Morgan fingerprint density at radius 3 is 2.52 bits per heavy atom. The van der Waals surface area contributed by atoms with E-state index >= 15 is 0 Å². The summed E-state index contributed by atoms with van der Waals surface area (Å²) < 4.78 is 10.6. The van der Waals surface area contributed by atoms with Crippen molar-refractivity contribution >= 4 is 17.3 Å². The zero-order valence-electron chi connectivity index (χ0n) is 16.7. The highest BCUT2D eigenvalue weighted by molar-refractivity contribution is 6.01. The zero-order valence-corrected chi connectivity index (χ0v) is 16.7. The Morgan fingerprint density at radius 2 is 1.90 bits per heavy atom. The fourth-order valence-electron chi connectivity index (χ4n) is 3.70. The van der Waals surface area contributed by atoms with Gasteiger partial charge < -0.3 is 19.7 Å². The number of aromatic nitrogens is 2. The highest BCUT2D eigenvalue weighted by Gasteiger charge is 2.32. The van der Waals surface area contributed by atoms with Crippen molar-refractivity contribution in [2.75, 3.05) is 31.0 Å². The van der Waals surface area contributed by atoms with Crippen molar-refractivity contribution in [2.45, 2.75) is 19.4 Å². The fraction of sp³-hybridized carbons (Fsp3) is 0.273. The number of aromatic amines is 1. The van der Waals surface area contributed by atoms with Crippen LogP contribution in [0.2, 0.25) is 0 Å². The summed E-state index contributed by atoms with van der Waals surface area (Å²) in [5, 5.41) is 10.2. The summed E-state index contributed by atoms with van der Waals surface area (Å²) in [6.45, 7) is 2.72. The molecule has 3 aromatic rings. The summed E-state index contributed by atoms with van der Waals surface area (Å²) >= 11 is 0. The van der Waals surface area contributed by atoms with Crippen LogP contribution < -0.4 is 19.7 Å². The Balaban J connectivity index is 1.51. The molecule has 2 aromatic carbocycles. The monoisotopic (exact) mass is 392 g/mol. The van der Waals surface area contributed by atoms with E-state index in [0.717, 1.165) is 34.5 Å². The van der Waals surface area contributed by atoms with E-state index in [-0.39, 0.29) is 11.9 Å². The number of amides is 1. The lowest BCUT2D eigenvalue weighted by molar-refractivity contribution is -0.117. The molecule has 1 atom stereocenters. The van der Waals surface area contributed by atoms with E-state index in [9.17, 15) is 4.79 Å². The largest absolute Gasteiger partial charge is 0.497 e. The van der Waals surface area contributed by atoms with E-state index in [0.29, 0.717) is 18.0 Å². The Labute approximate surface area is 169 Å². The summed E-state index contributed by atoms with van der Waals surface area (Å²) in [7, 11) is 3.22. The van der Waals surface area contributed by atoms with Gasteiger partial charge in [-0.1, -0.05) is 6.07 Å². The van der Waals surface area contributed by atoms with Gasteiger partial charge in [0.05, 0.1) is 20.4 Å². The molecule has 1 unspecified atom stereocenters. The number of methoxy groups -OCH3 is 2. The second-order valence-corrected chi connectivity index (χ2v) is 7.06. The molecule has 2 heterocycles. The highest BCUT2D eigenvalue weighted by Crippen LogP contribution is 2.31. The molecule has 1 aliphatic rings. The first-order valence-corrected chi connectivity index (χ1v) is 9.50. The third kappa shape index (κ3) is 3.76. The number of carbonyl (C=O) groups is 1. The van der Waals surface area contributed by atoms with E-state index < -0.39 is 0 Å². The van der Waals surface area contributed by atoms with Crippen LogP contribution in [0.15, 0.2) is 48.8 Å². The summed E-state index contributed by atoms with van der Waals surface area (Å²) in [6.07, 6.45) is 4.39. The van der Waals surface area contributed by atoms with Crippen LogP contribution >= 0.6 is 0 Å². The third-order valence-electron chi connectivity index (χ3n) is 5.23. The quantitative estimate of drug-likeness (QED) is 0.670. The van der Waals surface area contributed by atoms with Crippen LogP contribution in [0.1, 0.15) is 12.0 Å². The molecule has 29 heavy (non-hydrogen) atoms. The highest BCUT2D eigenvalue weighted by atomic mass is 16.5. The molecular weight excluding hydrogens is 368 g/mol. The standard InChI is InChI=1S/C22H24N4O3/c1-14-8-17(4-5-20(14)15-12-23-24-13-15)26-7-6-21(22(26)27)25-16-9-18(28-2)11-19(10-16)29-3/h4-5,8-13,21,25H,6-7H2,1-3H3,(H,23,24). The number of hydrogen-bond acceptors (Lipinski definition) is 5. The molecule has 7 heteroatoms. The summed E-state index contributed by atoms with van der Waals surface area (Å²) in [6, 6.07) is 11.3. The molecule has 4 rings (SSSR count). The maximum Gasteiger partial charge on any atom is 0.249 e. The van der Waals surface area contributed by atoms with Crippen molar-refractivity contribution in [3.63, 3.8) is 0 Å². The third-order valence-corrected chi connectivity index (χ3v) is 5.23. The van der Waals surface area contributed by atoms with Crippen molar-refractivity contribution in [1.29, 1.82) is 0 Å². The average Bonchev–Trinajstić information content (AvgIpc) is 3.38. The van der Waals surface area contributed by atoms with Crippen molar-refractivity contribution in [1.82, 2.24) is 10.2 Å². The second kappa shape index (κ2) is 7.87. The second-order valence-electron chi connectivity index (χ2n) is 7.06. The minimum absolute atomic E-state index is 0.0576. The van der Waals surface area contributed by atoms with Crippen LogP contribution in [0.25, 0.3) is 11.1 Å². The Morgan fingerprint density at radius 1 is 1.14 bits per heavy atom. The van der Waals surface area contributed by atoms with E-state index in [1.807, 2.05) is 42.3 Å².